The van der Waals surface area contributed by atoms with Gasteiger partial charge in [0.1, 0.15) is 5.75 Å². The van der Waals surface area contributed by atoms with E-state index in [9.17, 15) is 8.42 Å². The van der Waals surface area contributed by atoms with Crippen LogP contribution in [0.2, 0.25) is 0 Å². The van der Waals surface area contributed by atoms with Gasteiger partial charge in [0.15, 0.2) is 11.4 Å². The number of nitrogens with zero attached hydrogens (tertiary/aromatic N) is 2. The smallest absolute Gasteiger partial charge is 0.284 e. The molecule has 5 rings (SSSR count). The van der Waals surface area contributed by atoms with E-state index in [-0.39, 0.29) is 4.90 Å². The predicted molar refractivity (Wildman–Crippen MR) is 115 cm³/mol. The molecule has 0 amide bonds. The van der Waals surface area contributed by atoms with Gasteiger partial charge in [0.05, 0.1) is 29.3 Å². The zero-order valence-corrected chi connectivity index (χ0v) is 17.3. The highest BCUT2D eigenvalue weighted by atomic mass is 32.2. The molecule has 2 aromatic carbocycles. The summed E-state index contributed by atoms with van der Waals surface area (Å²) in [5.74, 6) is 0.667. The van der Waals surface area contributed by atoms with Crippen LogP contribution in [0.4, 0.5) is 0 Å². The second kappa shape index (κ2) is 6.74. The first-order valence-corrected chi connectivity index (χ1v) is 10.9. The standard InChI is InChI=1S/C23H19N3O3S/c1-16-23(24-22-10-6-7-13-25(16)22)20-15-26(21-12-11-17(29-2)14-19(20)21)30(27,28)18-8-4-3-5-9-18/h3-15H,1-2H3/p+1. The molecule has 0 aliphatic carbocycles. The molecule has 7 heteroatoms. The Morgan fingerprint density at radius 1 is 1.00 bits per heavy atom. The van der Waals surface area contributed by atoms with E-state index in [1.165, 1.54) is 3.97 Å². The van der Waals surface area contributed by atoms with Crippen LogP contribution in [0.5, 0.6) is 5.75 Å². The lowest BCUT2D eigenvalue weighted by molar-refractivity contribution is -0.517. The summed E-state index contributed by atoms with van der Waals surface area (Å²) in [6.45, 7) is 2.01. The molecule has 1 N–H and O–H groups in total. The zero-order chi connectivity index (χ0) is 20.9. The van der Waals surface area contributed by atoms with Gasteiger partial charge in [-0.2, -0.15) is 4.40 Å². The van der Waals surface area contributed by atoms with Crippen molar-refractivity contribution in [3.8, 4) is 17.0 Å². The van der Waals surface area contributed by atoms with Gasteiger partial charge in [0.2, 0.25) is 0 Å². The van der Waals surface area contributed by atoms with E-state index in [0.717, 1.165) is 28.0 Å². The van der Waals surface area contributed by atoms with Crippen LogP contribution in [0, 0.1) is 6.92 Å². The minimum Gasteiger partial charge on any atom is -0.497 e. The Hall–Kier alpha value is -3.58. The third-order valence-corrected chi connectivity index (χ3v) is 7.07. The largest absolute Gasteiger partial charge is 0.497 e. The molecule has 0 aliphatic heterocycles. The molecule has 30 heavy (non-hydrogen) atoms. The molecule has 0 radical (unpaired) electrons. The van der Waals surface area contributed by atoms with Gasteiger partial charge >= 0.3 is 0 Å². The Labute approximate surface area is 174 Å². The number of aryl methyl sites for hydroxylation is 1. The summed E-state index contributed by atoms with van der Waals surface area (Å²) < 4.78 is 35.6. The molecule has 3 aromatic heterocycles. The molecular weight excluding hydrogens is 398 g/mol. The van der Waals surface area contributed by atoms with Crippen molar-refractivity contribution in [1.29, 1.82) is 0 Å². The van der Waals surface area contributed by atoms with Crippen molar-refractivity contribution in [3.63, 3.8) is 0 Å². The Kier molecular flexibility index (Phi) is 4.15. The molecule has 5 aromatic rings. The number of aromatic nitrogens is 3. The van der Waals surface area contributed by atoms with Crippen LogP contribution in [0.3, 0.4) is 0 Å². The van der Waals surface area contributed by atoms with Crippen molar-refractivity contribution in [2.24, 2.45) is 0 Å². The Morgan fingerprint density at radius 3 is 2.50 bits per heavy atom. The van der Waals surface area contributed by atoms with Crippen LogP contribution >= 0.6 is 0 Å². The van der Waals surface area contributed by atoms with Crippen LogP contribution in [0.1, 0.15) is 5.69 Å². The van der Waals surface area contributed by atoms with Crippen LogP contribution in [0.15, 0.2) is 84.0 Å². The fourth-order valence-electron chi connectivity index (χ4n) is 3.85. The quantitative estimate of drug-likeness (QED) is 0.450. The number of H-pyrrole nitrogens is 1. The molecule has 6 nitrogen and oxygen atoms in total. The predicted octanol–water partition coefficient (Wildman–Crippen LogP) is 3.93. The molecule has 0 atom stereocenters. The number of pyridine rings is 1. The number of methoxy groups -OCH3 is 1. The van der Waals surface area contributed by atoms with Gasteiger partial charge in [-0.3, -0.25) is 0 Å². The van der Waals surface area contributed by atoms with Gasteiger partial charge in [-0.25, -0.2) is 17.4 Å². The minimum absolute atomic E-state index is 0.243. The molecule has 0 spiro atoms. The molecule has 3 heterocycles. The first-order chi connectivity index (χ1) is 14.5. The summed E-state index contributed by atoms with van der Waals surface area (Å²) in [4.78, 5) is 3.67. The van der Waals surface area contributed by atoms with E-state index >= 15 is 0 Å². The first kappa shape index (κ1) is 18.4. The number of ether oxygens (including phenoxy) is 1. The third kappa shape index (κ3) is 2.70. The van der Waals surface area contributed by atoms with Crippen LogP contribution in [0.25, 0.3) is 27.8 Å². The summed E-state index contributed by atoms with van der Waals surface area (Å²) in [6.07, 6.45) is 3.66. The molecule has 0 fully saturated rings. The van der Waals surface area contributed by atoms with Crippen molar-refractivity contribution in [2.75, 3.05) is 7.11 Å². The van der Waals surface area contributed by atoms with E-state index in [0.29, 0.717) is 11.3 Å². The SMILES string of the molecule is COc1ccc2c(c1)c(-c1[nH]c3cccc[n+]3c1C)cn2S(=O)(=O)c1ccccc1. The van der Waals surface area contributed by atoms with Crippen LogP contribution in [-0.4, -0.2) is 24.5 Å². The number of rotatable bonds is 4. The monoisotopic (exact) mass is 418 g/mol. The number of benzene rings is 2. The molecule has 0 saturated heterocycles. The lowest BCUT2D eigenvalue weighted by Gasteiger charge is -2.07. The second-order valence-electron chi connectivity index (χ2n) is 7.08. The lowest BCUT2D eigenvalue weighted by atomic mass is 10.1. The maximum Gasteiger partial charge on any atom is 0.284 e. The van der Waals surface area contributed by atoms with Crippen LogP contribution < -0.4 is 9.14 Å². The number of imidazole rings is 1. The molecule has 0 bridgehead atoms. The second-order valence-corrected chi connectivity index (χ2v) is 8.90. The fourth-order valence-corrected chi connectivity index (χ4v) is 5.24. The lowest BCUT2D eigenvalue weighted by Crippen LogP contribution is -2.21. The van der Waals surface area contributed by atoms with Crippen molar-refractivity contribution >= 4 is 26.6 Å². The van der Waals surface area contributed by atoms with E-state index < -0.39 is 10.0 Å². The van der Waals surface area contributed by atoms with Gasteiger partial charge in [-0.15, -0.1) is 0 Å². The van der Waals surface area contributed by atoms with Gasteiger partial charge in [-0.1, -0.05) is 24.3 Å². The first-order valence-electron chi connectivity index (χ1n) is 9.50. The van der Waals surface area contributed by atoms with E-state index in [1.54, 1.807) is 55.8 Å². The van der Waals surface area contributed by atoms with E-state index in [1.807, 2.05) is 41.8 Å². The van der Waals surface area contributed by atoms with Gasteiger partial charge < -0.3 is 4.74 Å². The average Bonchev–Trinajstić information content (AvgIpc) is 3.32. The van der Waals surface area contributed by atoms with Crippen LogP contribution in [-0.2, 0) is 10.0 Å². The van der Waals surface area contributed by atoms with Gasteiger partial charge in [-0.05, 0) is 36.4 Å². The normalized spacial score (nSPS) is 11.9. The maximum absolute atomic E-state index is 13.4. The number of hydrogen-bond donors (Lipinski definition) is 1. The maximum atomic E-state index is 13.4. The summed E-state index contributed by atoms with van der Waals surface area (Å²) >= 11 is 0. The fraction of sp³-hybridized carbons (Fsp3) is 0.0870. The van der Waals surface area contributed by atoms with Gasteiger partial charge in [0.25, 0.3) is 15.7 Å². The molecular formula is C23H20N3O3S+. The highest BCUT2D eigenvalue weighted by Crippen LogP contribution is 2.35. The summed E-state index contributed by atoms with van der Waals surface area (Å²) in [5, 5.41) is 0.795. The Balaban J connectivity index is 1.84. The summed E-state index contributed by atoms with van der Waals surface area (Å²) in [6, 6.07) is 19.8. The number of fused-ring (bicyclic) bond motifs is 2. The third-order valence-electron chi connectivity index (χ3n) is 5.38. The average molecular weight is 418 g/mol. The van der Waals surface area contributed by atoms with E-state index in [4.69, 9.17) is 4.74 Å². The highest BCUT2D eigenvalue weighted by molar-refractivity contribution is 7.90. The molecule has 0 saturated carbocycles. The number of nitrogens with one attached hydrogen (secondary N) is 1. The van der Waals surface area contributed by atoms with Gasteiger partial charge in [0, 0.05) is 24.6 Å². The summed E-state index contributed by atoms with van der Waals surface area (Å²) in [7, 11) is -2.16. The highest BCUT2D eigenvalue weighted by Gasteiger charge is 2.26. The topological polar surface area (TPSA) is 68.2 Å². The van der Waals surface area contributed by atoms with E-state index in [2.05, 4.69) is 4.98 Å². The Bertz CT molecular complexity index is 1500. The molecule has 150 valence electrons. The van der Waals surface area contributed by atoms with Crippen molar-refractivity contribution < 1.29 is 17.6 Å². The minimum atomic E-state index is -3.76. The Morgan fingerprint density at radius 2 is 1.77 bits per heavy atom. The zero-order valence-electron chi connectivity index (χ0n) is 16.5. The van der Waals surface area contributed by atoms with Crippen molar-refractivity contribution in [3.05, 3.63) is 84.8 Å². The molecule has 0 aliphatic rings. The van der Waals surface area contributed by atoms with Crippen molar-refractivity contribution in [2.45, 2.75) is 11.8 Å². The van der Waals surface area contributed by atoms with Crippen molar-refractivity contribution in [1.82, 2.24) is 8.96 Å². The number of hydrogen-bond acceptors (Lipinski definition) is 3. The summed E-state index contributed by atoms with van der Waals surface area (Å²) in [5.41, 5.74) is 4.17. The number of aromatic amines is 1. The molecule has 0 unspecified atom stereocenters.